The fourth-order valence-corrected chi connectivity index (χ4v) is 5.88. The van der Waals surface area contributed by atoms with Crippen LogP contribution in [-0.4, -0.2) is 106 Å². The summed E-state index contributed by atoms with van der Waals surface area (Å²) >= 11 is 0. The van der Waals surface area contributed by atoms with Crippen LogP contribution in [0.3, 0.4) is 0 Å². The molecule has 1 spiro atoms. The summed E-state index contributed by atoms with van der Waals surface area (Å²) in [5, 5.41) is 21.0. The highest BCUT2D eigenvalue weighted by molar-refractivity contribution is 5.78. The van der Waals surface area contributed by atoms with Gasteiger partial charge in [-0.15, -0.1) is 0 Å². The molecule has 4 heterocycles. The number of hydrogen-bond donors (Lipinski definition) is 2. The first-order valence-electron chi connectivity index (χ1n) is 14.1. The largest absolute Gasteiger partial charge is 0.462 e. The molecule has 206 valence electrons. The van der Waals surface area contributed by atoms with Crippen molar-refractivity contribution in [2.75, 3.05) is 52.4 Å². The van der Waals surface area contributed by atoms with Gasteiger partial charge in [-0.05, 0) is 88.8 Å². The molecule has 1 aromatic heterocycles. The van der Waals surface area contributed by atoms with Gasteiger partial charge in [-0.1, -0.05) is 12.8 Å². The first kappa shape index (κ1) is 28.0. The van der Waals surface area contributed by atoms with Gasteiger partial charge in [0.05, 0.1) is 18.1 Å². The molecule has 0 unspecified atom stereocenters. The van der Waals surface area contributed by atoms with E-state index < -0.39 is 17.6 Å². The predicted molar refractivity (Wildman–Crippen MR) is 139 cm³/mol. The molecule has 0 bridgehead atoms. The van der Waals surface area contributed by atoms with Gasteiger partial charge in [0.1, 0.15) is 12.7 Å². The third-order valence-corrected chi connectivity index (χ3v) is 8.42. The zero-order valence-electron chi connectivity index (χ0n) is 22.1. The van der Waals surface area contributed by atoms with E-state index in [0.717, 1.165) is 58.4 Å². The Kier molecular flexibility index (Phi) is 10.3. The van der Waals surface area contributed by atoms with Crippen molar-refractivity contribution in [3.05, 3.63) is 30.1 Å². The number of ether oxygens (including phenoxy) is 1. The Hall–Kier alpha value is -2.07. The van der Waals surface area contributed by atoms with Crippen molar-refractivity contribution >= 4 is 11.9 Å². The Morgan fingerprint density at radius 1 is 0.892 bits per heavy atom. The van der Waals surface area contributed by atoms with E-state index in [2.05, 4.69) is 14.8 Å². The van der Waals surface area contributed by atoms with E-state index in [1.165, 1.54) is 12.0 Å². The number of aromatic nitrogens is 1. The summed E-state index contributed by atoms with van der Waals surface area (Å²) in [6, 6.07) is 4.03. The number of aliphatic hydroxyl groups is 2. The Morgan fingerprint density at radius 2 is 1.59 bits per heavy atom. The van der Waals surface area contributed by atoms with Crippen molar-refractivity contribution in [3.8, 4) is 0 Å². The highest BCUT2D eigenvalue weighted by Gasteiger charge is 2.42. The number of aliphatic hydroxyl groups excluding tert-OH is 2. The monoisotopic (exact) mass is 516 g/mol. The van der Waals surface area contributed by atoms with Crippen LogP contribution in [0, 0.1) is 5.41 Å². The van der Waals surface area contributed by atoms with E-state index in [4.69, 9.17) is 4.74 Å². The number of carbonyl (C=O) groups excluding carboxylic acids is 2. The van der Waals surface area contributed by atoms with E-state index >= 15 is 0 Å². The van der Waals surface area contributed by atoms with Crippen LogP contribution in [0.4, 0.5) is 0 Å². The van der Waals surface area contributed by atoms with Gasteiger partial charge in [-0.3, -0.25) is 24.4 Å². The molecule has 0 aromatic carbocycles. The van der Waals surface area contributed by atoms with E-state index in [0.29, 0.717) is 38.9 Å². The highest BCUT2D eigenvalue weighted by atomic mass is 16.5. The van der Waals surface area contributed by atoms with Crippen molar-refractivity contribution in [1.82, 2.24) is 19.7 Å². The standard InChI is InChI=1S/C28H44N4O5/c33-24-8-17-32(26(35)21-30-14-3-1-4-15-30)16-5-2-9-28(27(36)37-22-25(24)34)10-18-31(19-11-28)20-23-6-12-29-13-7-23/h6-7,12-13,24-25,33-34H,1-5,8-11,14-22H2/t24-,25+/m0/s1. The van der Waals surface area contributed by atoms with Crippen LogP contribution < -0.4 is 0 Å². The van der Waals surface area contributed by atoms with Gasteiger partial charge in [-0.25, -0.2) is 0 Å². The van der Waals surface area contributed by atoms with E-state index in [1.54, 1.807) is 12.4 Å². The third kappa shape index (κ3) is 7.96. The van der Waals surface area contributed by atoms with E-state index in [1.807, 2.05) is 17.0 Å². The zero-order valence-corrected chi connectivity index (χ0v) is 22.1. The quantitative estimate of drug-likeness (QED) is 0.584. The maximum Gasteiger partial charge on any atom is 0.312 e. The Balaban J connectivity index is 1.37. The average Bonchev–Trinajstić information content (AvgIpc) is 2.93. The minimum atomic E-state index is -1.16. The Labute approximate surface area is 220 Å². The average molecular weight is 517 g/mol. The number of rotatable bonds is 4. The fraction of sp³-hybridized carbons (Fsp3) is 0.750. The lowest BCUT2D eigenvalue weighted by Crippen LogP contribution is -2.45. The van der Waals surface area contributed by atoms with Gasteiger partial charge in [0.25, 0.3) is 0 Å². The molecular formula is C28H44N4O5. The molecule has 2 N–H and O–H groups in total. The SMILES string of the molecule is O=C(CN1CCCCC1)N1CCCCC2(CCN(Cc3ccncc3)CC2)C(=O)OC[C@@H](O)[C@@H](O)CC1. The number of pyridine rings is 1. The third-order valence-electron chi connectivity index (χ3n) is 8.42. The smallest absolute Gasteiger partial charge is 0.312 e. The molecule has 9 heteroatoms. The predicted octanol–water partition coefficient (Wildman–Crippen LogP) is 1.82. The summed E-state index contributed by atoms with van der Waals surface area (Å²) in [5.74, 6) is -0.176. The van der Waals surface area contributed by atoms with Crippen LogP contribution in [0.1, 0.15) is 63.4 Å². The Morgan fingerprint density at radius 3 is 2.32 bits per heavy atom. The highest BCUT2D eigenvalue weighted by Crippen LogP contribution is 2.38. The lowest BCUT2D eigenvalue weighted by molar-refractivity contribution is -0.165. The molecular weight excluding hydrogens is 472 g/mol. The van der Waals surface area contributed by atoms with Crippen LogP contribution in [0.15, 0.2) is 24.5 Å². The van der Waals surface area contributed by atoms with Crippen LogP contribution in [0.5, 0.6) is 0 Å². The molecule has 37 heavy (non-hydrogen) atoms. The van der Waals surface area contributed by atoms with Gasteiger partial charge in [0.2, 0.25) is 5.91 Å². The number of amides is 1. The topological polar surface area (TPSA) is 106 Å². The first-order valence-corrected chi connectivity index (χ1v) is 14.1. The van der Waals surface area contributed by atoms with E-state index in [-0.39, 0.29) is 24.9 Å². The van der Waals surface area contributed by atoms with Gasteiger partial charge < -0.3 is 19.8 Å². The van der Waals surface area contributed by atoms with Gasteiger partial charge in [0.15, 0.2) is 0 Å². The number of piperidine rings is 2. The fourth-order valence-electron chi connectivity index (χ4n) is 5.88. The summed E-state index contributed by atoms with van der Waals surface area (Å²) in [6.07, 6.45) is 8.90. The summed E-state index contributed by atoms with van der Waals surface area (Å²) < 4.78 is 5.60. The molecule has 0 radical (unpaired) electrons. The number of esters is 1. The van der Waals surface area contributed by atoms with Crippen molar-refractivity contribution in [2.45, 2.75) is 76.5 Å². The normalized spacial score (nSPS) is 27.1. The summed E-state index contributed by atoms with van der Waals surface area (Å²) in [6.45, 7) is 5.53. The molecule has 1 aromatic rings. The minimum Gasteiger partial charge on any atom is -0.462 e. The number of cyclic esters (lactones) is 1. The zero-order chi connectivity index (χ0) is 26.1. The molecule has 0 aliphatic carbocycles. The van der Waals surface area contributed by atoms with Gasteiger partial charge in [-0.2, -0.15) is 0 Å². The minimum absolute atomic E-state index is 0.0879. The maximum absolute atomic E-state index is 13.3. The summed E-state index contributed by atoms with van der Waals surface area (Å²) in [7, 11) is 0. The van der Waals surface area contributed by atoms with Gasteiger partial charge in [0, 0.05) is 32.0 Å². The molecule has 2 atom stereocenters. The molecule has 9 nitrogen and oxygen atoms in total. The second-order valence-corrected chi connectivity index (χ2v) is 11.1. The summed E-state index contributed by atoms with van der Waals surface area (Å²) in [4.78, 5) is 36.9. The lowest BCUT2D eigenvalue weighted by atomic mass is 9.74. The van der Waals surface area contributed by atoms with Gasteiger partial charge >= 0.3 is 5.97 Å². The maximum atomic E-state index is 13.3. The van der Waals surface area contributed by atoms with Crippen molar-refractivity contribution in [2.24, 2.45) is 5.41 Å². The van der Waals surface area contributed by atoms with Crippen LogP contribution >= 0.6 is 0 Å². The molecule has 3 aliphatic heterocycles. The van der Waals surface area contributed by atoms with E-state index in [9.17, 15) is 19.8 Å². The Bertz CT molecular complexity index is 855. The number of likely N-dealkylation sites (tertiary alicyclic amines) is 2. The molecule has 3 aliphatic rings. The van der Waals surface area contributed by atoms with Crippen molar-refractivity contribution in [1.29, 1.82) is 0 Å². The number of nitrogens with zero attached hydrogens (tertiary/aromatic N) is 4. The van der Waals surface area contributed by atoms with Crippen molar-refractivity contribution < 1.29 is 24.5 Å². The number of hydrogen-bond acceptors (Lipinski definition) is 8. The second kappa shape index (κ2) is 13.6. The summed E-state index contributed by atoms with van der Waals surface area (Å²) in [5.41, 5.74) is 0.616. The molecule has 3 fully saturated rings. The molecule has 3 saturated heterocycles. The number of carbonyl (C=O) groups is 2. The molecule has 0 saturated carbocycles. The van der Waals surface area contributed by atoms with Crippen LogP contribution in [0.25, 0.3) is 0 Å². The second-order valence-electron chi connectivity index (χ2n) is 11.1. The first-order chi connectivity index (χ1) is 17.9. The molecule has 1 amide bonds. The van der Waals surface area contributed by atoms with Crippen LogP contribution in [-0.2, 0) is 20.9 Å². The van der Waals surface area contributed by atoms with Crippen molar-refractivity contribution in [3.63, 3.8) is 0 Å². The van der Waals surface area contributed by atoms with Crippen LogP contribution in [0.2, 0.25) is 0 Å². The molecule has 4 rings (SSSR count). The lowest BCUT2D eigenvalue weighted by Gasteiger charge is -2.40.